The molecule has 1 nitrogen and oxygen atoms in total. The topological polar surface area (TPSA) is 3.24 Å². The molecule has 2 aliphatic rings. The first-order valence-corrected chi connectivity index (χ1v) is 17.9. The minimum absolute atomic E-state index is 0.264. The molecule has 0 amide bonds. The van der Waals surface area contributed by atoms with Gasteiger partial charge < -0.3 is 4.90 Å². The fourth-order valence-electron chi connectivity index (χ4n) is 8.46. The lowest BCUT2D eigenvalue weighted by atomic mass is 9.72. The number of hydrogen-bond donors (Lipinski definition) is 0. The molecule has 8 aromatic rings. The average Bonchev–Trinajstić information content (AvgIpc) is 3.21. The number of para-hydroxylation sites is 1. The highest BCUT2D eigenvalue weighted by atomic mass is 15.1. The molecule has 0 spiro atoms. The van der Waals surface area contributed by atoms with Gasteiger partial charge in [-0.15, -0.1) is 0 Å². The van der Waals surface area contributed by atoms with E-state index in [1.807, 2.05) is 0 Å². The van der Waals surface area contributed by atoms with Crippen LogP contribution in [0.1, 0.15) is 22.6 Å². The number of allylic oxidation sites excluding steroid dienone is 5. The normalized spacial score (nSPS) is 16.2. The number of benzene rings is 8. The molecule has 8 aromatic carbocycles. The summed E-state index contributed by atoms with van der Waals surface area (Å²) in [6.45, 7) is 0. The standard InChI is InChI=1S/C50H35N/c1-2-19-38(20-3-1)51(39-30-29-34-15-4-5-16-35(34)31-39)49-28-14-27-46(47-32-36-17-6-8-21-40(36)42-23-10-12-25-44(42)47)50(49)48-33-37-18-7-9-22-41(37)43-24-11-13-26-45(43)48/h1-33,37,41H. The Labute approximate surface area is 298 Å². The first-order valence-electron chi connectivity index (χ1n) is 17.9. The van der Waals surface area contributed by atoms with Crippen molar-refractivity contribution in [1.29, 1.82) is 0 Å². The van der Waals surface area contributed by atoms with Crippen molar-refractivity contribution in [2.75, 3.05) is 4.90 Å². The van der Waals surface area contributed by atoms with Crippen LogP contribution in [0.5, 0.6) is 0 Å². The van der Waals surface area contributed by atoms with E-state index in [9.17, 15) is 0 Å². The lowest BCUT2D eigenvalue weighted by molar-refractivity contribution is 0.689. The van der Waals surface area contributed by atoms with Crippen LogP contribution in [0.4, 0.5) is 17.1 Å². The zero-order chi connectivity index (χ0) is 33.7. The first-order chi connectivity index (χ1) is 25.3. The molecule has 10 rings (SSSR count). The number of hydrogen-bond acceptors (Lipinski definition) is 1. The quantitative estimate of drug-likeness (QED) is 0.168. The van der Waals surface area contributed by atoms with Crippen molar-refractivity contribution in [2.24, 2.45) is 5.92 Å². The van der Waals surface area contributed by atoms with Crippen LogP contribution in [0.2, 0.25) is 0 Å². The Morgan fingerprint density at radius 1 is 0.412 bits per heavy atom. The molecule has 1 heteroatoms. The summed E-state index contributed by atoms with van der Waals surface area (Å²) < 4.78 is 0. The predicted octanol–water partition coefficient (Wildman–Crippen LogP) is 13.6. The smallest absolute Gasteiger partial charge is 0.0546 e. The van der Waals surface area contributed by atoms with E-state index in [-0.39, 0.29) is 5.92 Å². The molecular formula is C50H35N. The Bertz CT molecular complexity index is 2710. The summed E-state index contributed by atoms with van der Waals surface area (Å²) in [5.41, 5.74) is 11.1. The van der Waals surface area contributed by atoms with Gasteiger partial charge in [-0.3, -0.25) is 0 Å². The molecule has 0 radical (unpaired) electrons. The maximum atomic E-state index is 2.53. The summed E-state index contributed by atoms with van der Waals surface area (Å²) in [4.78, 5) is 2.46. The molecule has 0 aliphatic heterocycles. The van der Waals surface area contributed by atoms with Crippen molar-refractivity contribution < 1.29 is 0 Å². The van der Waals surface area contributed by atoms with E-state index in [1.165, 1.54) is 65.7 Å². The molecule has 0 N–H and O–H groups in total. The van der Waals surface area contributed by atoms with Gasteiger partial charge in [0, 0.05) is 28.8 Å². The van der Waals surface area contributed by atoms with Crippen LogP contribution in [0, 0.1) is 5.92 Å². The molecule has 0 saturated carbocycles. The maximum absolute atomic E-state index is 2.53. The van der Waals surface area contributed by atoms with Gasteiger partial charge >= 0.3 is 0 Å². The molecule has 0 fully saturated rings. The molecule has 0 heterocycles. The van der Waals surface area contributed by atoms with Gasteiger partial charge in [-0.25, -0.2) is 0 Å². The zero-order valence-electron chi connectivity index (χ0n) is 28.2. The fourth-order valence-corrected chi connectivity index (χ4v) is 8.46. The van der Waals surface area contributed by atoms with Crippen LogP contribution in [0.25, 0.3) is 49.0 Å². The summed E-state index contributed by atoms with van der Waals surface area (Å²) in [6, 6.07) is 62.4. The van der Waals surface area contributed by atoms with Crippen LogP contribution < -0.4 is 4.90 Å². The Morgan fingerprint density at radius 3 is 1.98 bits per heavy atom. The van der Waals surface area contributed by atoms with Crippen molar-refractivity contribution >= 4 is 55.0 Å². The molecule has 2 aliphatic carbocycles. The van der Waals surface area contributed by atoms with Gasteiger partial charge in [0.1, 0.15) is 0 Å². The molecule has 2 unspecified atom stereocenters. The lowest BCUT2D eigenvalue weighted by Crippen LogP contribution is -2.18. The highest BCUT2D eigenvalue weighted by Crippen LogP contribution is 2.51. The van der Waals surface area contributed by atoms with E-state index in [2.05, 4.69) is 205 Å². The molecule has 0 aromatic heterocycles. The van der Waals surface area contributed by atoms with E-state index < -0.39 is 0 Å². The van der Waals surface area contributed by atoms with Gasteiger partial charge in [0.05, 0.1) is 5.69 Å². The summed E-state index contributed by atoms with van der Waals surface area (Å²) in [5.74, 6) is 0.581. The number of fused-ring (bicyclic) bond motifs is 7. The zero-order valence-corrected chi connectivity index (χ0v) is 28.2. The summed E-state index contributed by atoms with van der Waals surface area (Å²) in [6.07, 6.45) is 11.7. The second-order valence-electron chi connectivity index (χ2n) is 13.6. The van der Waals surface area contributed by atoms with Crippen LogP contribution in [-0.2, 0) is 0 Å². The Kier molecular flexibility index (Phi) is 7.03. The van der Waals surface area contributed by atoms with Crippen molar-refractivity contribution in [3.63, 3.8) is 0 Å². The highest BCUT2D eigenvalue weighted by Gasteiger charge is 2.31. The number of nitrogens with zero attached hydrogens (tertiary/aromatic N) is 1. The van der Waals surface area contributed by atoms with Gasteiger partial charge in [0.15, 0.2) is 0 Å². The SMILES string of the molecule is C1=CC2C=C(c3c(-c4cc5ccccc5c5ccccc45)cccc3N(c3ccccc3)c3ccc4ccccc4c3)c3ccccc3C2C=C1. The van der Waals surface area contributed by atoms with Crippen LogP contribution in [0.15, 0.2) is 200 Å². The second-order valence-corrected chi connectivity index (χ2v) is 13.6. The van der Waals surface area contributed by atoms with Crippen LogP contribution in [-0.4, -0.2) is 0 Å². The Morgan fingerprint density at radius 2 is 1.10 bits per heavy atom. The number of rotatable bonds is 5. The summed E-state index contributed by atoms with van der Waals surface area (Å²) in [5, 5.41) is 7.51. The minimum atomic E-state index is 0.264. The summed E-state index contributed by atoms with van der Waals surface area (Å²) >= 11 is 0. The second kappa shape index (κ2) is 12.2. The van der Waals surface area contributed by atoms with Gasteiger partial charge in [-0.05, 0) is 96.5 Å². The highest BCUT2D eigenvalue weighted by molar-refractivity contribution is 6.15. The molecule has 2 atom stereocenters. The third-order valence-corrected chi connectivity index (χ3v) is 10.8. The lowest BCUT2D eigenvalue weighted by Gasteiger charge is -2.34. The number of anilines is 3. The minimum Gasteiger partial charge on any atom is -0.310 e. The fraction of sp³-hybridized carbons (Fsp3) is 0.0400. The largest absolute Gasteiger partial charge is 0.310 e. The van der Waals surface area contributed by atoms with Crippen LogP contribution in [0.3, 0.4) is 0 Å². The maximum Gasteiger partial charge on any atom is 0.0546 e. The molecule has 0 saturated heterocycles. The third kappa shape index (κ3) is 4.93. The molecule has 240 valence electrons. The van der Waals surface area contributed by atoms with Crippen molar-refractivity contribution in [2.45, 2.75) is 5.92 Å². The Hall–Kier alpha value is -6.44. The van der Waals surface area contributed by atoms with Crippen molar-refractivity contribution in [1.82, 2.24) is 0 Å². The first kappa shape index (κ1) is 29.5. The molecule has 0 bridgehead atoms. The predicted molar refractivity (Wildman–Crippen MR) is 217 cm³/mol. The van der Waals surface area contributed by atoms with Crippen molar-refractivity contribution in [3.8, 4) is 11.1 Å². The van der Waals surface area contributed by atoms with E-state index >= 15 is 0 Å². The van der Waals surface area contributed by atoms with Gasteiger partial charge in [-0.2, -0.15) is 0 Å². The van der Waals surface area contributed by atoms with Crippen LogP contribution >= 0.6 is 0 Å². The van der Waals surface area contributed by atoms with E-state index in [0.717, 1.165) is 17.1 Å². The van der Waals surface area contributed by atoms with Gasteiger partial charge in [-0.1, -0.05) is 164 Å². The summed E-state index contributed by atoms with van der Waals surface area (Å²) in [7, 11) is 0. The average molecular weight is 650 g/mol. The van der Waals surface area contributed by atoms with Gasteiger partial charge in [0.25, 0.3) is 0 Å². The van der Waals surface area contributed by atoms with E-state index in [1.54, 1.807) is 0 Å². The monoisotopic (exact) mass is 649 g/mol. The third-order valence-electron chi connectivity index (χ3n) is 10.8. The van der Waals surface area contributed by atoms with Gasteiger partial charge in [0.2, 0.25) is 0 Å². The van der Waals surface area contributed by atoms with E-state index in [4.69, 9.17) is 0 Å². The Balaban J connectivity index is 1.33. The van der Waals surface area contributed by atoms with E-state index in [0.29, 0.717) is 5.92 Å². The molecular weight excluding hydrogens is 615 g/mol. The molecule has 51 heavy (non-hydrogen) atoms. The van der Waals surface area contributed by atoms with Crippen molar-refractivity contribution in [3.05, 3.63) is 217 Å².